The van der Waals surface area contributed by atoms with Crippen LogP contribution in [-0.4, -0.2) is 19.5 Å². The maximum Gasteiger partial charge on any atom is 0.200 e. The van der Waals surface area contributed by atoms with Crippen molar-refractivity contribution in [3.63, 3.8) is 0 Å². The molecule has 104 valence electrons. The normalized spacial score (nSPS) is 10.2. The molecule has 2 aromatic rings. The number of ketones is 1. The van der Waals surface area contributed by atoms with E-state index >= 15 is 0 Å². The zero-order valence-electron chi connectivity index (χ0n) is 11.4. The first-order valence-electron chi connectivity index (χ1n) is 6.16. The van der Waals surface area contributed by atoms with Crippen molar-refractivity contribution < 1.29 is 14.3 Å². The number of benzene rings is 2. The summed E-state index contributed by atoms with van der Waals surface area (Å²) in [6.07, 6.45) is 0. The third-order valence-corrected chi connectivity index (χ3v) is 3.78. The van der Waals surface area contributed by atoms with Crippen molar-refractivity contribution in [3.05, 3.63) is 58.1 Å². The summed E-state index contributed by atoms with van der Waals surface area (Å²) in [4.78, 5) is 12.0. The van der Waals surface area contributed by atoms with Crippen molar-refractivity contribution in [2.24, 2.45) is 0 Å². The Kier molecular flexibility index (Phi) is 4.79. The molecule has 0 radical (unpaired) electrons. The molecule has 2 aromatic carbocycles. The summed E-state index contributed by atoms with van der Waals surface area (Å²) in [5.74, 6) is 1.27. The predicted octanol–water partition coefficient (Wildman–Crippen LogP) is 4.03. The lowest BCUT2D eigenvalue weighted by molar-refractivity contribution is 0.0921. The molecule has 3 nitrogen and oxygen atoms in total. The second-order valence-electron chi connectivity index (χ2n) is 4.35. The van der Waals surface area contributed by atoms with Crippen molar-refractivity contribution in [1.82, 2.24) is 0 Å². The van der Waals surface area contributed by atoms with E-state index in [-0.39, 0.29) is 12.4 Å². The van der Waals surface area contributed by atoms with Crippen LogP contribution < -0.4 is 9.47 Å². The average molecular weight is 335 g/mol. The largest absolute Gasteiger partial charge is 0.497 e. The van der Waals surface area contributed by atoms with Gasteiger partial charge in [0.15, 0.2) is 12.4 Å². The molecule has 0 heterocycles. The highest BCUT2D eigenvalue weighted by Crippen LogP contribution is 2.22. The molecule has 0 spiro atoms. The van der Waals surface area contributed by atoms with Crippen LogP contribution in [0.15, 0.2) is 46.9 Å². The molecule has 0 aliphatic heterocycles. The molecule has 0 aliphatic rings. The van der Waals surface area contributed by atoms with Crippen LogP contribution in [0.4, 0.5) is 0 Å². The summed E-state index contributed by atoms with van der Waals surface area (Å²) in [5.41, 5.74) is 1.65. The lowest BCUT2D eigenvalue weighted by Gasteiger charge is -2.08. The second kappa shape index (κ2) is 6.57. The van der Waals surface area contributed by atoms with Crippen LogP contribution in [0.2, 0.25) is 0 Å². The summed E-state index contributed by atoms with van der Waals surface area (Å²) in [7, 11) is 1.57. The maximum atomic E-state index is 12.0. The van der Waals surface area contributed by atoms with Gasteiger partial charge in [0.25, 0.3) is 0 Å². The van der Waals surface area contributed by atoms with Crippen LogP contribution in [0.1, 0.15) is 15.9 Å². The molecule has 0 saturated carbocycles. The molecule has 0 N–H and O–H groups in total. The number of methoxy groups -OCH3 is 1. The minimum Gasteiger partial charge on any atom is -0.497 e. The van der Waals surface area contributed by atoms with Crippen LogP contribution in [0.25, 0.3) is 0 Å². The molecule has 0 bridgehead atoms. The Morgan fingerprint density at radius 3 is 2.65 bits per heavy atom. The molecule has 20 heavy (non-hydrogen) atoms. The molecular formula is C16H15BrO3. The number of carbonyl (C=O) groups excluding carboxylic acids is 1. The number of aryl methyl sites for hydroxylation is 1. The van der Waals surface area contributed by atoms with Gasteiger partial charge in [0, 0.05) is 10.0 Å². The quantitative estimate of drug-likeness (QED) is 0.774. The molecule has 2 rings (SSSR count). The first kappa shape index (κ1) is 14.6. The molecule has 0 amide bonds. The van der Waals surface area contributed by atoms with Gasteiger partial charge in [-0.25, -0.2) is 0 Å². The Hall–Kier alpha value is -1.81. The number of Topliss-reactive ketones (excluding diaryl/α,β-unsaturated/α-hetero) is 1. The monoisotopic (exact) mass is 334 g/mol. The van der Waals surface area contributed by atoms with Gasteiger partial charge < -0.3 is 9.47 Å². The predicted molar refractivity (Wildman–Crippen MR) is 81.7 cm³/mol. The zero-order valence-corrected chi connectivity index (χ0v) is 12.9. The molecule has 4 heteroatoms. The number of hydrogen-bond donors (Lipinski definition) is 0. The highest BCUT2D eigenvalue weighted by atomic mass is 79.9. The van der Waals surface area contributed by atoms with E-state index in [0.717, 1.165) is 10.0 Å². The zero-order chi connectivity index (χ0) is 14.5. The Bertz CT molecular complexity index is 623. The fourth-order valence-electron chi connectivity index (χ4n) is 1.74. The summed E-state index contributed by atoms with van der Waals surface area (Å²) in [6, 6.07) is 12.7. The minimum absolute atomic E-state index is 0.00817. The maximum absolute atomic E-state index is 12.0. The molecular weight excluding hydrogens is 320 g/mol. The van der Waals surface area contributed by atoms with Gasteiger partial charge in [0.2, 0.25) is 0 Å². The van der Waals surface area contributed by atoms with Crippen LogP contribution in [0, 0.1) is 6.92 Å². The van der Waals surface area contributed by atoms with Crippen molar-refractivity contribution in [2.45, 2.75) is 6.92 Å². The standard InChI is InChI=1S/C16H15BrO3/c1-11-8-14(6-7-15(11)17)20-10-16(18)12-4-3-5-13(9-12)19-2/h3-9H,10H2,1-2H3. The Balaban J connectivity index is 2.02. The van der Waals surface area contributed by atoms with E-state index in [0.29, 0.717) is 17.1 Å². The van der Waals surface area contributed by atoms with Gasteiger partial charge in [-0.05, 0) is 42.8 Å². The number of rotatable bonds is 5. The number of hydrogen-bond acceptors (Lipinski definition) is 3. The van der Waals surface area contributed by atoms with Gasteiger partial charge >= 0.3 is 0 Å². The van der Waals surface area contributed by atoms with E-state index in [4.69, 9.17) is 9.47 Å². The van der Waals surface area contributed by atoms with E-state index in [1.807, 2.05) is 25.1 Å². The van der Waals surface area contributed by atoms with Crippen LogP contribution >= 0.6 is 15.9 Å². The molecule has 0 atom stereocenters. The Morgan fingerprint density at radius 1 is 1.15 bits per heavy atom. The summed E-state index contributed by atoms with van der Waals surface area (Å²) in [5, 5.41) is 0. The molecule has 0 saturated heterocycles. The van der Waals surface area contributed by atoms with Gasteiger partial charge in [-0.2, -0.15) is 0 Å². The van der Waals surface area contributed by atoms with Crippen LogP contribution in [-0.2, 0) is 0 Å². The van der Waals surface area contributed by atoms with Crippen molar-refractivity contribution in [2.75, 3.05) is 13.7 Å². The second-order valence-corrected chi connectivity index (χ2v) is 5.21. The van der Waals surface area contributed by atoms with E-state index in [1.54, 1.807) is 31.4 Å². The lowest BCUT2D eigenvalue weighted by atomic mass is 10.1. The molecule has 0 fully saturated rings. The van der Waals surface area contributed by atoms with Crippen molar-refractivity contribution in [1.29, 1.82) is 0 Å². The highest BCUT2D eigenvalue weighted by Gasteiger charge is 2.08. The first-order valence-corrected chi connectivity index (χ1v) is 6.95. The summed E-state index contributed by atoms with van der Waals surface area (Å²) in [6.45, 7) is 1.98. The molecule has 0 aromatic heterocycles. The Labute approximate surface area is 126 Å². The Morgan fingerprint density at radius 2 is 1.95 bits per heavy atom. The smallest absolute Gasteiger partial charge is 0.200 e. The third-order valence-electron chi connectivity index (χ3n) is 2.89. The number of carbonyl (C=O) groups is 1. The van der Waals surface area contributed by atoms with Crippen LogP contribution in [0.3, 0.4) is 0 Å². The number of ether oxygens (including phenoxy) is 2. The van der Waals surface area contributed by atoms with E-state index in [1.165, 1.54) is 0 Å². The van der Waals surface area contributed by atoms with E-state index < -0.39 is 0 Å². The summed E-state index contributed by atoms with van der Waals surface area (Å²) >= 11 is 3.43. The van der Waals surface area contributed by atoms with Gasteiger partial charge in [-0.1, -0.05) is 28.1 Å². The van der Waals surface area contributed by atoms with Gasteiger partial charge in [0.05, 0.1) is 7.11 Å². The average Bonchev–Trinajstić information content (AvgIpc) is 2.48. The van der Waals surface area contributed by atoms with Gasteiger partial charge in [0.1, 0.15) is 11.5 Å². The van der Waals surface area contributed by atoms with Gasteiger partial charge in [-0.3, -0.25) is 4.79 Å². The number of halogens is 1. The highest BCUT2D eigenvalue weighted by molar-refractivity contribution is 9.10. The van der Waals surface area contributed by atoms with Crippen molar-refractivity contribution >= 4 is 21.7 Å². The molecule has 0 aliphatic carbocycles. The SMILES string of the molecule is COc1cccc(C(=O)COc2ccc(Br)c(C)c2)c1. The fourth-order valence-corrected chi connectivity index (χ4v) is 1.98. The van der Waals surface area contributed by atoms with Crippen molar-refractivity contribution in [3.8, 4) is 11.5 Å². The summed E-state index contributed by atoms with van der Waals surface area (Å²) < 4.78 is 11.6. The fraction of sp³-hybridized carbons (Fsp3) is 0.188. The minimum atomic E-state index is -0.0792. The lowest BCUT2D eigenvalue weighted by Crippen LogP contribution is -2.11. The van der Waals surface area contributed by atoms with E-state index in [2.05, 4.69) is 15.9 Å². The van der Waals surface area contributed by atoms with E-state index in [9.17, 15) is 4.79 Å². The topological polar surface area (TPSA) is 35.5 Å². The third kappa shape index (κ3) is 3.61. The molecule has 0 unspecified atom stereocenters. The first-order chi connectivity index (χ1) is 9.60. The van der Waals surface area contributed by atoms with Gasteiger partial charge in [-0.15, -0.1) is 0 Å². The van der Waals surface area contributed by atoms with Crippen LogP contribution in [0.5, 0.6) is 11.5 Å².